The molecule has 0 spiro atoms. The van der Waals surface area contributed by atoms with Gasteiger partial charge in [-0.3, -0.25) is 38.1 Å². The van der Waals surface area contributed by atoms with Crippen LogP contribution in [0.3, 0.4) is 0 Å². The summed E-state index contributed by atoms with van der Waals surface area (Å²) in [6, 6.07) is 22.7. The highest BCUT2D eigenvalue weighted by atomic mass is 19.4. The van der Waals surface area contributed by atoms with E-state index in [1.807, 2.05) is 103 Å². The smallest absolute Gasteiger partial charge is 0.475 e. The van der Waals surface area contributed by atoms with E-state index < -0.39 is 78.4 Å². The van der Waals surface area contributed by atoms with Crippen LogP contribution in [0.4, 0.5) is 26.3 Å². The molecular weight excluding hydrogens is 1320 g/mol. The fraction of sp³-hybridized carbons (Fsp3) is 0.565. The van der Waals surface area contributed by atoms with Gasteiger partial charge in [-0.05, 0) is 138 Å². The number of amides is 6. The predicted octanol–water partition coefficient (Wildman–Crippen LogP) is 6.52. The zero-order valence-electron chi connectivity index (χ0n) is 56.4. The van der Waals surface area contributed by atoms with E-state index >= 15 is 0 Å². The van der Waals surface area contributed by atoms with Gasteiger partial charge in [0.1, 0.15) is 35.6 Å². The van der Waals surface area contributed by atoms with Crippen LogP contribution in [0.5, 0.6) is 0 Å². The number of carboxylic acids is 2. The predicted molar refractivity (Wildman–Crippen MR) is 351 cm³/mol. The summed E-state index contributed by atoms with van der Waals surface area (Å²) in [6.07, 6.45) is 5.54. The van der Waals surface area contributed by atoms with Crippen molar-refractivity contribution in [3.8, 4) is 0 Å². The SMILES string of the molecule is CCC(CC)C(=O)N[C@@H]1C(=O)N2C(C(=O)N[C@@H](c3ccccc3)c3cn(CCCCc4ccc(CCCCn5cc([C@@H](NC(=O)[C@@H]6CC[C@@H]7CC[C@H](CO)[C@H](NC(=O)[C@H](CC)NC)C(=O)N76)c6ccccc6)nn5)cc4)nn3)CC[C@@H]2CC[C@@H]1CO.O=C(O)C(F)(F)F.O=C(O)C(F)(F)F. The van der Waals surface area contributed by atoms with E-state index in [0.717, 1.165) is 49.7 Å². The highest BCUT2D eigenvalue weighted by Gasteiger charge is 2.50. The number of aliphatic hydroxyl groups excluding tert-OH is 2. The highest BCUT2D eigenvalue weighted by Crippen LogP contribution is 2.37. The zero-order valence-corrected chi connectivity index (χ0v) is 56.4. The summed E-state index contributed by atoms with van der Waals surface area (Å²) >= 11 is 0. The lowest BCUT2D eigenvalue weighted by Crippen LogP contribution is -2.58. The average molecular weight is 1410 g/mol. The molecule has 0 radical (unpaired) electrons. The Morgan fingerprint density at radius 2 is 0.900 bits per heavy atom. The second-order valence-corrected chi connectivity index (χ2v) is 25.6. The molecule has 4 aliphatic heterocycles. The van der Waals surface area contributed by atoms with E-state index in [1.54, 1.807) is 16.8 Å². The molecular formula is C69H91F6N13O12. The molecule has 3 aromatic carbocycles. The summed E-state index contributed by atoms with van der Waals surface area (Å²) in [6.45, 7) is 6.60. The highest BCUT2D eigenvalue weighted by molar-refractivity contribution is 5.95. The quantitative estimate of drug-likeness (QED) is 0.0190. The van der Waals surface area contributed by atoms with E-state index in [0.29, 0.717) is 95.1 Å². The van der Waals surface area contributed by atoms with Gasteiger partial charge < -0.3 is 56.8 Å². The minimum absolute atomic E-state index is 0.156. The molecule has 4 saturated heterocycles. The van der Waals surface area contributed by atoms with Crippen LogP contribution in [0, 0.1) is 17.8 Å². The number of halogens is 6. The molecule has 4 aliphatic rings. The molecule has 0 saturated carbocycles. The summed E-state index contributed by atoms with van der Waals surface area (Å²) in [5.41, 5.74) is 5.36. The van der Waals surface area contributed by atoms with E-state index in [9.17, 15) is 65.3 Å². The third-order valence-corrected chi connectivity index (χ3v) is 19.1. The molecule has 546 valence electrons. The van der Waals surface area contributed by atoms with Crippen molar-refractivity contribution in [2.75, 3.05) is 20.3 Å². The normalized spacial score (nSPS) is 21.5. The fourth-order valence-electron chi connectivity index (χ4n) is 13.5. The van der Waals surface area contributed by atoms with Gasteiger partial charge in [0, 0.05) is 56.1 Å². The number of aliphatic hydroxyl groups is 2. The number of aryl methyl sites for hydroxylation is 4. The van der Waals surface area contributed by atoms with Crippen molar-refractivity contribution >= 4 is 47.4 Å². The minimum atomic E-state index is -5.08. The molecule has 5 aromatic rings. The number of nitrogens with zero attached hydrogens (tertiary/aromatic N) is 8. The van der Waals surface area contributed by atoms with Crippen LogP contribution in [0.25, 0.3) is 0 Å². The summed E-state index contributed by atoms with van der Waals surface area (Å²) in [5, 5.41) is 68.3. The Balaban J connectivity index is 0.000000907. The number of alkyl halides is 6. The molecule has 6 heterocycles. The summed E-state index contributed by atoms with van der Waals surface area (Å²) in [4.78, 5) is 105. The molecule has 6 amide bonds. The average Bonchev–Trinajstić information content (AvgIpc) is 1.63. The van der Waals surface area contributed by atoms with Gasteiger partial charge in [0.25, 0.3) is 0 Å². The van der Waals surface area contributed by atoms with E-state index in [-0.39, 0.29) is 66.7 Å². The largest absolute Gasteiger partial charge is 0.490 e. The molecule has 25 nitrogen and oxygen atoms in total. The second-order valence-electron chi connectivity index (χ2n) is 25.6. The molecule has 0 bridgehead atoms. The molecule has 1 unspecified atom stereocenters. The first kappa shape index (κ1) is 78.5. The number of aliphatic carboxylic acids is 2. The van der Waals surface area contributed by atoms with Gasteiger partial charge >= 0.3 is 24.3 Å². The lowest BCUT2D eigenvalue weighted by molar-refractivity contribution is -0.193. The molecule has 4 fully saturated rings. The van der Waals surface area contributed by atoms with Crippen molar-refractivity contribution in [3.05, 3.63) is 131 Å². The third kappa shape index (κ3) is 21.1. The van der Waals surface area contributed by atoms with E-state index in [4.69, 9.17) is 19.8 Å². The van der Waals surface area contributed by atoms with Crippen molar-refractivity contribution in [1.82, 2.24) is 66.4 Å². The van der Waals surface area contributed by atoms with Crippen molar-refractivity contribution in [1.29, 1.82) is 0 Å². The standard InChI is InChI=1S/C65H89N13O8.2C2HF3O2/c1-5-44(6-2)60(81)69-58-47(40-79)28-30-49-32-34-54(77(49)64(58)85)62(83)67-56(45-20-10-8-11-21-45)52-38-75(73-71-52)36-16-14-18-42-24-26-43(27-25-42)19-15-17-37-76-39-53(72-74-76)57(46-22-12-9-13-23-46)68-63(84)55-35-33-50-31-29-48(41-80)59(65(86)78(50)55)70-61(82)51(7-3)66-4;2*3-2(4,5)1(6)7/h8-13,20-27,38-39,44,47-51,54-59,66,79-80H,5-7,14-19,28-37,40-41H2,1-4H3,(H,67,83)(H,68,84)(H,69,81)(H,70,82);2*(H,6,7)/t47-,48-,49+,50+,51+,54?,55+,56+,57+,58+,59+;;/m1../s1. The molecule has 11 atom stereocenters. The van der Waals surface area contributed by atoms with Gasteiger partial charge in [0.05, 0.1) is 30.5 Å². The van der Waals surface area contributed by atoms with Crippen molar-refractivity contribution in [2.24, 2.45) is 17.8 Å². The molecule has 9 rings (SSSR count). The van der Waals surface area contributed by atoms with Crippen LogP contribution in [0.1, 0.15) is 163 Å². The number of fused-ring (bicyclic) bond motifs is 2. The number of nitrogens with one attached hydrogen (secondary N) is 5. The van der Waals surface area contributed by atoms with Gasteiger partial charge in [0.2, 0.25) is 35.4 Å². The Labute approximate surface area is 575 Å². The van der Waals surface area contributed by atoms with Crippen LogP contribution in [0.15, 0.2) is 97.3 Å². The van der Waals surface area contributed by atoms with Gasteiger partial charge in [-0.1, -0.05) is 116 Å². The number of carbonyl (C=O) groups is 8. The molecule has 31 heteroatoms. The van der Waals surface area contributed by atoms with Crippen LogP contribution in [-0.2, 0) is 64.3 Å². The Morgan fingerprint density at radius 1 is 0.530 bits per heavy atom. The first-order chi connectivity index (χ1) is 47.7. The van der Waals surface area contributed by atoms with E-state index in [1.165, 1.54) is 11.1 Å². The Kier molecular flexibility index (Phi) is 29.1. The zero-order chi connectivity index (χ0) is 72.8. The minimum Gasteiger partial charge on any atom is -0.475 e. The summed E-state index contributed by atoms with van der Waals surface area (Å²) in [7, 11) is 1.70. The number of carboxylic acid groups (broad SMARTS) is 2. The Hall–Kier alpha value is -8.84. The maximum Gasteiger partial charge on any atom is 0.490 e. The molecule has 2 aromatic heterocycles. The Bertz CT molecular complexity index is 3260. The van der Waals surface area contributed by atoms with Crippen LogP contribution < -0.4 is 26.6 Å². The lowest BCUT2D eigenvalue weighted by Gasteiger charge is -2.33. The number of unbranched alkanes of at least 4 members (excludes halogenated alkanes) is 2. The topological polar surface area (TPSA) is 346 Å². The fourth-order valence-corrected chi connectivity index (χ4v) is 13.5. The lowest BCUT2D eigenvalue weighted by atomic mass is 9.93. The van der Waals surface area contributed by atoms with Crippen LogP contribution >= 0.6 is 0 Å². The van der Waals surface area contributed by atoms with Crippen molar-refractivity contribution in [3.63, 3.8) is 0 Å². The number of hydrogen-bond acceptors (Lipinski definition) is 15. The van der Waals surface area contributed by atoms with Gasteiger partial charge in [-0.25, -0.2) is 9.59 Å². The van der Waals surface area contributed by atoms with Crippen LogP contribution in [0.2, 0.25) is 0 Å². The molecule has 100 heavy (non-hydrogen) atoms. The number of likely N-dealkylation sites (N-methyl/N-ethyl adjacent to an activating group) is 1. The number of rotatable bonds is 28. The van der Waals surface area contributed by atoms with Crippen LogP contribution in [-0.4, -0.2) is 183 Å². The molecule has 9 N–H and O–H groups in total. The maximum atomic E-state index is 14.4. The number of hydrogen-bond donors (Lipinski definition) is 9. The monoisotopic (exact) mass is 1410 g/mol. The number of carbonyl (C=O) groups excluding carboxylic acids is 6. The Morgan fingerprint density at radius 3 is 1.24 bits per heavy atom. The van der Waals surface area contributed by atoms with E-state index in [2.05, 4.69) is 71.5 Å². The summed E-state index contributed by atoms with van der Waals surface area (Å²) in [5.74, 6) is -8.36. The van der Waals surface area contributed by atoms with Gasteiger partial charge in [0.15, 0.2) is 0 Å². The first-order valence-electron chi connectivity index (χ1n) is 34.1. The number of aromatic nitrogens is 6. The van der Waals surface area contributed by atoms with Gasteiger partial charge in [-0.15, -0.1) is 10.2 Å². The first-order valence-corrected chi connectivity index (χ1v) is 34.1. The second kappa shape index (κ2) is 37.0. The number of benzene rings is 3. The molecule has 0 aliphatic carbocycles. The summed E-state index contributed by atoms with van der Waals surface area (Å²) < 4.78 is 67.1. The van der Waals surface area contributed by atoms with Crippen molar-refractivity contribution < 1.29 is 85.1 Å². The van der Waals surface area contributed by atoms with Gasteiger partial charge in [-0.2, -0.15) is 26.3 Å². The third-order valence-electron chi connectivity index (χ3n) is 19.1. The maximum absolute atomic E-state index is 14.4. The van der Waals surface area contributed by atoms with Crippen molar-refractivity contribution in [2.45, 2.75) is 210 Å².